The molecule has 0 aliphatic rings. The van der Waals surface area contributed by atoms with Crippen molar-refractivity contribution in [2.45, 2.75) is 52.1 Å². The van der Waals surface area contributed by atoms with Gasteiger partial charge in [0.2, 0.25) is 0 Å². The second-order valence-corrected chi connectivity index (χ2v) is 5.56. The van der Waals surface area contributed by atoms with E-state index in [0.717, 1.165) is 19.3 Å². The Hall–Kier alpha value is -0.160. The molecule has 0 rings (SSSR count). The topological polar surface area (TPSA) is 104 Å². The van der Waals surface area contributed by atoms with Crippen LogP contribution in [0.5, 0.6) is 0 Å². The van der Waals surface area contributed by atoms with Gasteiger partial charge in [0.15, 0.2) is 0 Å². The fraction of sp³-hybridized carbons (Fsp3) is 1.00. The Kier molecular flexibility index (Phi) is 8.78. The van der Waals surface area contributed by atoms with Gasteiger partial charge in [0.1, 0.15) is 0 Å². The summed E-state index contributed by atoms with van der Waals surface area (Å²) in [5.41, 5.74) is 23.5. The smallest absolute Gasteiger partial charge is 0.00914 e. The van der Waals surface area contributed by atoms with Crippen molar-refractivity contribution in [2.75, 3.05) is 13.1 Å². The number of rotatable bonds is 9. The van der Waals surface area contributed by atoms with E-state index in [9.17, 15) is 0 Å². The minimum Gasteiger partial charge on any atom is -0.330 e. The Morgan fingerprint density at radius 2 is 1.24 bits per heavy atom. The standard InChI is InChI=1S/C13H32N4/c1-9(4-6-14)12(16)8-11(3)13(17)10(2)5-7-15/h9-13H,4-8,14-17H2,1-3H3. The van der Waals surface area contributed by atoms with Crippen molar-refractivity contribution in [1.82, 2.24) is 0 Å². The van der Waals surface area contributed by atoms with Crippen molar-refractivity contribution in [2.24, 2.45) is 40.7 Å². The molecule has 0 fully saturated rings. The maximum Gasteiger partial charge on any atom is 0.00914 e. The normalized spacial score (nSPS) is 20.6. The molecule has 104 valence electrons. The fourth-order valence-corrected chi connectivity index (χ4v) is 2.31. The summed E-state index contributed by atoms with van der Waals surface area (Å²) >= 11 is 0. The average molecular weight is 244 g/mol. The van der Waals surface area contributed by atoms with E-state index in [1.165, 1.54) is 0 Å². The van der Waals surface area contributed by atoms with Crippen LogP contribution in [0.1, 0.15) is 40.0 Å². The minimum absolute atomic E-state index is 0.190. The third kappa shape index (κ3) is 6.36. The van der Waals surface area contributed by atoms with Crippen LogP contribution < -0.4 is 22.9 Å². The van der Waals surface area contributed by atoms with Gasteiger partial charge in [-0.2, -0.15) is 0 Å². The molecule has 0 aliphatic heterocycles. The summed E-state index contributed by atoms with van der Waals surface area (Å²) in [4.78, 5) is 0. The van der Waals surface area contributed by atoms with Gasteiger partial charge < -0.3 is 22.9 Å². The Morgan fingerprint density at radius 3 is 1.71 bits per heavy atom. The van der Waals surface area contributed by atoms with Crippen molar-refractivity contribution in [3.05, 3.63) is 0 Å². The van der Waals surface area contributed by atoms with Gasteiger partial charge in [-0.15, -0.1) is 0 Å². The number of hydrogen-bond donors (Lipinski definition) is 4. The zero-order valence-electron chi connectivity index (χ0n) is 11.7. The van der Waals surface area contributed by atoms with E-state index in [0.29, 0.717) is 30.8 Å². The molecule has 0 aromatic carbocycles. The van der Waals surface area contributed by atoms with Crippen LogP contribution in [-0.2, 0) is 0 Å². The van der Waals surface area contributed by atoms with Crippen LogP contribution >= 0.6 is 0 Å². The first-order chi connectivity index (χ1) is 7.93. The van der Waals surface area contributed by atoms with Crippen molar-refractivity contribution < 1.29 is 0 Å². The Balaban J connectivity index is 4.09. The molecular formula is C13H32N4. The zero-order valence-corrected chi connectivity index (χ0v) is 11.7. The molecule has 0 saturated heterocycles. The summed E-state index contributed by atoms with van der Waals surface area (Å²) in [7, 11) is 0. The van der Waals surface area contributed by atoms with Gasteiger partial charge in [0.25, 0.3) is 0 Å². The molecule has 0 aliphatic carbocycles. The highest BCUT2D eigenvalue weighted by Crippen LogP contribution is 2.20. The molecule has 0 spiro atoms. The van der Waals surface area contributed by atoms with Crippen molar-refractivity contribution in [1.29, 1.82) is 0 Å². The van der Waals surface area contributed by atoms with Gasteiger partial charge in [-0.3, -0.25) is 0 Å². The van der Waals surface area contributed by atoms with Crippen LogP contribution in [0.25, 0.3) is 0 Å². The molecule has 0 aromatic rings. The molecule has 8 N–H and O–H groups in total. The number of hydrogen-bond acceptors (Lipinski definition) is 4. The van der Waals surface area contributed by atoms with E-state index < -0.39 is 0 Å². The lowest BCUT2D eigenvalue weighted by Gasteiger charge is -2.29. The third-order valence-electron chi connectivity index (χ3n) is 3.93. The Morgan fingerprint density at radius 1 is 0.765 bits per heavy atom. The molecule has 0 saturated carbocycles. The summed E-state index contributed by atoms with van der Waals surface area (Å²) in [5.74, 6) is 1.37. The predicted octanol–water partition coefficient (Wildman–Crippen LogP) is 0.637. The van der Waals surface area contributed by atoms with Crippen LogP contribution in [0.3, 0.4) is 0 Å². The van der Waals surface area contributed by atoms with E-state index >= 15 is 0 Å². The molecule has 5 unspecified atom stereocenters. The molecule has 4 nitrogen and oxygen atoms in total. The molecular weight excluding hydrogens is 212 g/mol. The first-order valence-electron chi connectivity index (χ1n) is 6.85. The second-order valence-electron chi connectivity index (χ2n) is 5.56. The molecule has 0 aromatic heterocycles. The second kappa shape index (κ2) is 8.86. The summed E-state index contributed by atoms with van der Waals surface area (Å²) < 4.78 is 0. The van der Waals surface area contributed by atoms with Gasteiger partial charge in [-0.1, -0.05) is 20.8 Å². The molecule has 0 heterocycles. The lowest BCUT2D eigenvalue weighted by molar-refractivity contribution is 0.276. The van der Waals surface area contributed by atoms with Gasteiger partial charge in [-0.25, -0.2) is 0 Å². The van der Waals surface area contributed by atoms with E-state index in [-0.39, 0.29) is 12.1 Å². The zero-order chi connectivity index (χ0) is 13.4. The van der Waals surface area contributed by atoms with Crippen LogP contribution in [0, 0.1) is 17.8 Å². The average Bonchev–Trinajstić information content (AvgIpc) is 2.28. The highest BCUT2D eigenvalue weighted by molar-refractivity contribution is 4.80. The van der Waals surface area contributed by atoms with E-state index in [2.05, 4.69) is 20.8 Å². The summed E-state index contributed by atoms with van der Waals surface area (Å²) in [6, 6.07) is 0.388. The summed E-state index contributed by atoms with van der Waals surface area (Å²) in [6.07, 6.45) is 2.94. The van der Waals surface area contributed by atoms with Gasteiger partial charge in [-0.05, 0) is 50.1 Å². The Bertz CT molecular complexity index is 186. The van der Waals surface area contributed by atoms with Crippen molar-refractivity contribution in [3.8, 4) is 0 Å². The lowest BCUT2D eigenvalue weighted by Crippen LogP contribution is -2.40. The molecule has 5 atom stereocenters. The fourth-order valence-electron chi connectivity index (χ4n) is 2.31. The highest BCUT2D eigenvalue weighted by Gasteiger charge is 2.23. The maximum absolute atomic E-state index is 6.23. The highest BCUT2D eigenvalue weighted by atomic mass is 14.7. The quantitative estimate of drug-likeness (QED) is 0.477. The Labute approximate surface area is 106 Å². The van der Waals surface area contributed by atoms with Gasteiger partial charge in [0, 0.05) is 12.1 Å². The first-order valence-corrected chi connectivity index (χ1v) is 6.85. The maximum atomic E-state index is 6.23. The molecule has 0 amide bonds. The molecule has 4 heteroatoms. The third-order valence-corrected chi connectivity index (χ3v) is 3.93. The van der Waals surface area contributed by atoms with Crippen molar-refractivity contribution >= 4 is 0 Å². The van der Waals surface area contributed by atoms with E-state index in [1.54, 1.807) is 0 Å². The van der Waals surface area contributed by atoms with E-state index in [1.807, 2.05) is 0 Å². The monoisotopic (exact) mass is 244 g/mol. The summed E-state index contributed by atoms with van der Waals surface area (Å²) in [5, 5.41) is 0. The van der Waals surface area contributed by atoms with Crippen LogP contribution in [0.4, 0.5) is 0 Å². The predicted molar refractivity (Wildman–Crippen MR) is 75.4 cm³/mol. The molecule has 0 radical (unpaired) electrons. The van der Waals surface area contributed by atoms with Crippen LogP contribution in [-0.4, -0.2) is 25.2 Å². The SMILES string of the molecule is CC(CCN)C(N)CC(C)C(N)C(C)CCN. The van der Waals surface area contributed by atoms with Gasteiger partial charge >= 0.3 is 0 Å². The van der Waals surface area contributed by atoms with Crippen LogP contribution in [0.15, 0.2) is 0 Å². The lowest BCUT2D eigenvalue weighted by atomic mass is 9.82. The minimum atomic E-state index is 0.190. The van der Waals surface area contributed by atoms with Gasteiger partial charge in [0.05, 0.1) is 0 Å². The number of nitrogens with two attached hydrogens (primary N) is 4. The first kappa shape index (κ1) is 16.8. The molecule has 0 bridgehead atoms. The summed E-state index contributed by atoms with van der Waals surface area (Å²) in [6.45, 7) is 7.94. The largest absolute Gasteiger partial charge is 0.330 e. The molecule has 17 heavy (non-hydrogen) atoms. The van der Waals surface area contributed by atoms with E-state index in [4.69, 9.17) is 22.9 Å². The van der Waals surface area contributed by atoms with Crippen molar-refractivity contribution in [3.63, 3.8) is 0 Å². The van der Waals surface area contributed by atoms with Crippen LogP contribution in [0.2, 0.25) is 0 Å².